The summed E-state index contributed by atoms with van der Waals surface area (Å²) >= 11 is 0. The zero-order valence-electron chi connectivity index (χ0n) is 18.7. The van der Waals surface area contributed by atoms with Crippen LogP contribution < -0.4 is 11.2 Å². The highest BCUT2D eigenvalue weighted by atomic mass is 16.5. The predicted molar refractivity (Wildman–Crippen MR) is 122 cm³/mol. The lowest BCUT2D eigenvalue weighted by Crippen LogP contribution is -2.44. The lowest BCUT2D eigenvalue weighted by molar-refractivity contribution is 0.0361. The number of ether oxygens (including phenoxy) is 1. The van der Waals surface area contributed by atoms with Gasteiger partial charge in [0.2, 0.25) is 5.78 Å². The van der Waals surface area contributed by atoms with Crippen molar-refractivity contribution in [2.45, 2.75) is 26.4 Å². The fourth-order valence-corrected chi connectivity index (χ4v) is 4.65. The molecule has 9 heteroatoms. The minimum atomic E-state index is -0.337. The molecule has 3 aromatic heterocycles. The van der Waals surface area contributed by atoms with Gasteiger partial charge in [0, 0.05) is 45.1 Å². The summed E-state index contributed by atoms with van der Waals surface area (Å²) in [5, 5.41) is 0. The number of imidazole rings is 2. The Morgan fingerprint density at radius 1 is 1.09 bits per heavy atom. The van der Waals surface area contributed by atoms with Gasteiger partial charge in [-0.2, -0.15) is 4.98 Å². The number of aryl methyl sites for hydroxylation is 2. The third-order valence-electron chi connectivity index (χ3n) is 6.48. The second kappa shape index (κ2) is 8.07. The van der Waals surface area contributed by atoms with Crippen molar-refractivity contribution in [2.75, 3.05) is 32.8 Å². The van der Waals surface area contributed by atoms with Crippen molar-refractivity contribution in [3.63, 3.8) is 0 Å². The van der Waals surface area contributed by atoms with Gasteiger partial charge in [-0.15, -0.1) is 0 Å². The maximum atomic E-state index is 13.4. The fourth-order valence-electron chi connectivity index (χ4n) is 4.65. The molecule has 0 spiro atoms. The lowest BCUT2D eigenvalue weighted by atomic mass is 10.1. The molecule has 0 aliphatic carbocycles. The molecule has 1 saturated heterocycles. The molecule has 0 N–H and O–H groups in total. The van der Waals surface area contributed by atoms with E-state index < -0.39 is 0 Å². The van der Waals surface area contributed by atoms with Crippen LogP contribution in [0.25, 0.3) is 16.9 Å². The molecule has 1 aliphatic heterocycles. The molecule has 9 nitrogen and oxygen atoms in total. The standard InChI is InChI=1S/C23H28N6O3/c1-16-15-28-19-20(24-22(28)29(16)17(2)18-7-5-4-6-8-18)25(3)23(31)27(21(19)30)10-9-26-11-13-32-14-12-26/h4-8,15,17H,9-14H2,1-3H3. The van der Waals surface area contributed by atoms with E-state index in [4.69, 9.17) is 9.72 Å². The predicted octanol–water partition coefficient (Wildman–Crippen LogP) is 1.40. The lowest BCUT2D eigenvalue weighted by Gasteiger charge is -2.26. The number of hydrogen-bond donors (Lipinski definition) is 0. The Morgan fingerprint density at radius 2 is 1.81 bits per heavy atom. The highest BCUT2D eigenvalue weighted by Crippen LogP contribution is 2.25. The van der Waals surface area contributed by atoms with Gasteiger partial charge < -0.3 is 9.30 Å². The molecule has 0 saturated carbocycles. The quantitative estimate of drug-likeness (QED) is 0.473. The van der Waals surface area contributed by atoms with Crippen LogP contribution in [0.1, 0.15) is 24.2 Å². The van der Waals surface area contributed by atoms with Gasteiger partial charge in [0.25, 0.3) is 5.56 Å². The molecule has 4 aromatic rings. The van der Waals surface area contributed by atoms with Crippen LogP contribution in [0.3, 0.4) is 0 Å². The summed E-state index contributed by atoms with van der Waals surface area (Å²) in [6.45, 7) is 8.09. The molecule has 0 radical (unpaired) electrons. The molecule has 0 amide bonds. The van der Waals surface area contributed by atoms with Crippen molar-refractivity contribution in [3.8, 4) is 0 Å². The minimum absolute atomic E-state index is 0.0334. The van der Waals surface area contributed by atoms with E-state index >= 15 is 0 Å². The summed E-state index contributed by atoms with van der Waals surface area (Å²) in [6, 6.07) is 10.2. The molecule has 1 unspecified atom stereocenters. The third-order valence-corrected chi connectivity index (χ3v) is 6.48. The van der Waals surface area contributed by atoms with Crippen LogP contribution in [0.5, 0.6) is 0 Å². The molecule has 1 fully saturated rings. The Balaban J connectivity index is 1.63. The molecule has 5 rings (SSSR count). The van der Waals surface area contributed by atoms with E-state index in [-0.39, 0.29) is 17.3 Å². The fraction of sp³-hybridized carbons (Fsp3) is 0.435. The van der Waals surface area contributed by atoms with Crippen molar-refractivity contribution in [2.24, 2.45) is 7.05 Å². The van der Waals surface area contributed by atoms with E-state index in [0.717, 1.165) is 24.3 Å². The van der Waals surface area contributed by atoms with E-state index in [0.29, 0.717) is 43.2 Å². The van der Waals surface area contributed by atoms with Crippen molar-refractivity contribution in [3.05, 3.63) is 68.6 Å². The van der Waals surface area contributed by atoms with Gasteiger partial charge in [-0.05, 0) is 19.4 Å². The summed E-state index contributed by atoms with van der Waals surface area (Å²) in [4.78, 5) is 33.4. The van der Waals surface area contributed by atoms with E-state index in [1.54, 1.807) is 7.05 Å². The molecule has 1 aromatic carbocycles. The number of benzene rings is 1. The summed E-state index contributed by atoms with van der Waals surface area (Å²) < 4.78 is 12.1. The highest BCUT2D eigenvalue weighted by Gasteiger charge is 2.23. The van der Waals surface area contributed by atoms with Crippen LogP contribution in [0.15, 0.2) is 46.1 Å². The van der Waals surface area contributed by atoms with Gasteiger partial charge in [0.15, 0.2) is 11.2 Å². The van der Waals surface area contributed by atoms with Gasteiger partial charge in [0.05, 0.1) is 19.3 Å². The van der Waals surface area contributed by atoms with Gasteiger partial charge in [-0.1, -0.05) is 30.3 Å². The minimum Gasteiger partial charge on any atom is -0.379 e. The molecule has 1 aliphatic rings. The van der Waals surface area contributed by atoms with Crippen LogP contribution in [0.2, 0.25) is 0 Å². The number of hydrogen-bond acceptors (Lipinski definition) is 5. The second-order valence-electron chi connectivity index (χ2n) is 8.43. The average Bonchev–Trinajstić information content (AvgIpc) is 3.33. The molecule has 4 heterocycles. The summed E-state index contributed by atoms with van der Waals surface area (Å²) in [5.74, 6) is 0.659. The smallest absolute Gasteiger partial charge is 0.332 e. The molecule has 32 heavy (non-hydrogen) atoms. The Kier molecular flexibility index (Phi) is 5.22. The van der Waals surface area contributed by atoms with E-state index in [1.165, 1.54) is 9.13 Å². The van der Waals surface area contributed by atoms with Gasteiger partial charge in [-0.25, -0.2) is 4.79 Å². The Labute approximate surface area is 185 Å². The summed E-state index contributed by atoms with van der Waals surface area (Å²) in [6.07, 6.45) is 1.93. The number of fused-ring (bicyclic) bond motifs is 3. The third kappa shape index (κ3) is 3.28. The Bertz CT molecular complexity index is 1390. The summed E-state index contributed by atoms with van der Waals surface area (Å²) in [5.41, 5.74) is 2.36. The first-order valence-corrected chi connectivity index (χ1v) is 11.0. The first-order valence-electron chi connectivity index (χ1n) is 11.0. The average molecular weight is 437 g/mol. The second-order valence-corrected chi connectivity index (χ2v) is 8.43. The normalized spacial score (nSPS) is 16.2. The van der Waals surface area contributed by atoms with E-state index in [9.17, 15) is 9.59 Å². The number of aromatic nitrogens is 5. The largest absolute Gasteiger partial charge is 0.379 e. The van der Waals surface area contributed by atoms with Crippen LogP contribution in [0.4, 0.5) is 0 Å². The maximum Gasteiger partial charge on any atom is 0.332 e. The van der Waals surface area contributed by atoms with Crippen LogP contribution >= 0.6 is 0 Å². The maximum absolute atomic E-state index is 13.4. The highest BCUT2D eigenvalue weighted by molar-refractivity contribution is 5.75. The van der Waals surface area contributed by atoms with Crippen molar-refractivity contribution in [1.29, 1.82) is 0 Å². The van der Waals surface area contributed by atoms with Crippen molar-refractivity contribution in [1.82, 2.24) is 28.0 Å². The van der Waals surface area contributed by atoms with E-state index in [2.05, 4.69) is 28.5 Å². The van der Waals surface area contributed by atoms with Crippen LogP contribution in [0, 0.1) is 6.92 Å². The summed E-state index contributed by atoms with van der Waals surface area (Å²) in [7, 11) is 1.68. The Hall–Kier alpha value is -3.17. The van der Waals surface area contributed by atoms with Gasteiger partial charge >= 0.3 is 5.69 Å². The van der Waals surface area contributed by atoms with Crippen molar-refractivity contribution < 1.29 is 4.74 Å². The monoisotopic (exact) mass is 436 g/mol. The SMILES string of the molecule is Cc1cn2c3c(=O)n(CCN4CCOCC4)c(=O)n(C)c3nc2n1C(C)c1ccccc1. The van der Waals surface area contributed by atoms with Gasteiger partial charge in [0.1, 0.15) is 0 Å². The van der Waals surface area contributed by atoms with Gasteiger partial charge in [-0.3, -0.25) is 23.2 Å². The number of morpholine rings is 1. The van der Waals surface area contributed by atoms with Crippen LogP contribution in [-0.2, 0) is 18.3 Å². The zero-order chi connectivity index (χ0) is 22.4. The molecular weight excluding hydrogens is 408 g/mol. The van der Waals surface area contributed by atoms with Crippen LogP contribution in [-0.4, -0.2) is 60.8 Å². The molecular formula is C23H28N6O3. The molecule has 168 valence electrons. The topological polar surface area (TPSA) is 78.7 Å². The number of nitrogens with zero attached hydrogens (tertiary/aromatic N) is 6. The zero-order valence-corrected chi connectivity index (χ0v) is 18.7. The Morgan fingerprint density at radius 3 is 2.53 bits per heavy atom. The molecule has 1 atom stereocenters. The van der Waals surface area contributed by atoms with Crippen molar-refractivity contribution >= 4 is 16.9 Å². The van der Waals surface area contributed by atoms with E-state index in [1.807, 2.05) is 35.7 Å². The first-order chi connectivity index (χ1) is 15.5. The number of rotatable bonds is 5. The first kappa shape index (κ1) is 20.7. The molecule has 0 bridgehead atoms.